The first-order valence-corrected chi connectivity index (χ1v) is 5.91. The third kappa shape index (κ3) is 4.19. The Morgan fingerprint density at radius 1 is 1.35 bits per heavy atom. The molecular weight excluding hydrogens is 220 g/mol. The predicted octanol–water partition coefficient (Wildman–Crippen LogP) is 0.603. The lowest BCUT2D eigenvalue weighted by Crippen LogP contribution is -2.42. The van der Waals surface area contributed by atoms with Gasteiger partial charge in [0.25, 0.3) is 0 Å². The van der Waals surface area contributed by atoms with Crippen LogP contribution < -0.4 is 5.73 Å². The Hall–Kier alpha value is -1.36. The van der Waals surface area contributed by atoms with Gasteiger partial charge in [-0.05, 0) is 25.7 Å². The first kappa shape index (κ1) is 13.7. The fourth-order valence-corrected chi connectivity index (χ4v) is 2.18. The van der Waals surface area contributed by atoms with E-state index in [0.717, 1.165) is 25.7 Å². The van der Waals surface area contributed by atoms with Crippen molar-refractivity contribution in [3.05, 3.63) is 12.7 Å². The van der Waals surface area contributed by atoms with Gasteiger partial charge in [0.1, 0.15) is 6.54 Å². The molecule has 0 aliphatic heterocycles. The zero-order valence-corrected chi connectivity index (χ0v) is 9.97. The van der Waals surface area contributed by atoms with E-state index in [1.165, 1.54) is 4.90 Å². The van der Waals surface area contributed by atoms with Crippen LogP contribution in [-0.2, 0) is 9.59 Å². The molecule has 0 bridgehead atoms. The minimum atomic E-state index is -0.993. The number of aliphatic carboxylic acids is 1. The SMILES string of the molecule is C=CCN(CC(=O)O)C(=O)C1CCC(N)CC1. The van der Waals surface area contributed by atoms with Crippen LogP contribution in [0.3, 0.4) is 0 Å². The van der Waals surface area contributed by atoms with E-state index in [2.05, 4.69) is 6.58 Å². The average Bonchev–Trinajstić information content (AvgIpc) is 2.28. The van der Waals surface area contributed by atoms with Gasteiger partial charge in [0.05, 0.1) is 0 Å². The largest absolute Gasteiger partial charge is 0.480 e. The Kier molecular flexibility index (Phi) is 5.15. The van der Waals surface area contributed by atoms with Crippen LogP contribution in [0.5, 0.6) is 0 Å². The number of carbonyl (C=O) groups excluding carboxylic acids is 1. The topological polar surface area (TPSA) is 83.6 Å². The van der Waals surface area contributed by atoms with Crippen molar-refractivity contribution in [3.63, 3.8) is 0 Å². The monoisotopic (exact) mass is 240 g/mol. The van der Waals surface area contributed by atoms with E-state index in [9.17, 15) is 9.59 Å². The minimum absolute atomic E-state index is 0.0749. The Labute approximate surface area is 101 Å². The third-order valence-electron chi connectivity index (χ3n) is 3.11. The second-order valence-corrected chi connectivity index (χ2v) is 4.51. The normalized spacial score (nSPS) is 24.1. The van der Waals surface area contributed by atoms with E-state index in [1.54, 1.807) is 6.08 Å². The smallest absolute Gasteiger partial charge is 0.323 e. The summed E-state index contributed by atoms with van der Waals surface area (Å²) in [5.74, 6) is -1.15. The van der Waals surface area contributed by atoms with Crippen LogP contribution >= 0.6 is 0 Å². The maximum absolute atomic E-state index is 12.1. The molecule has 1 aliphatic carbocycles. The number of nitrogens with zero attached hydrogens (tertiary/aromatic N) is 1. The molecule has 1 rings (SSSR count). The summed E-state index contributed by atoms with van der Waals surface area (Å²) >= 11 is 0. The molecule has 0 heterocycles. The zero-order valence-electron chi connectivity index (χ0n) is 9.97. The van der Waals surface area contributed by atoms with Gasteiger partial charge in [0, 0.05) is 18.5 Å². The van der Waals surface area contributed by atoms with Crippen LogP contribution in [0.2, 0.25) is 0 Å². The molecule has 0 spiro atoms. The Balaban J connectivity index is 2.57. The van der Waals surface area contributed by atoms with E-state index in [0.29, 0.717) is 0 Å². The summed E-state index contributed by atoms with van der Waals surface area (Å²) in [5.41, 5.74) is 5.78. The molecule has 3 N–H and O–H groups in total. The molecule has 0 aromatic heterocycles. The van der Waals surface area contributed by atoms with Gasteiger partial charge in [-0.15, -0.1) is 6.58 Å². The van der Waals surface area contributed by atoms with Crippen molar-refractivity contribution < 1.29 is 14.7 Å². The van der Waals surface area contributed by atoms with E-state index in [4.69, 9.17) is 10.8 Å². The van der Waals surface area contributed by atoms with Gasteiger partial charge in [-0.3, -0.25) is 9.59 Å². The van der Waals surface area contributed by atoms with Gasteiger partial charge in [-0.25, -0.2) is 0 Å². The Morgan fingerprint density at radius 2 is 1.94 bits per heavy atom. The second-order valence-electron chi connectivity index (χ2n) is 4.51. The van der Waals surface area contributed by atoms with E-state index < -0.39 is 5.97 Å². The summed E-state index contributed by atoms with van der Waals surface area (Å²) < 4.78 is 0. The predicted molar refractivity (Wildman–Crippen MR) is 64.3 cm³/mol. The van der Waals surface area contributed by atoms with Crippen LogP contribution in [0.4, 0.5) is 0 Å². The number of carboxylic acid groups (broad SMARTS) is 1. The lowest BCUT2D eigenvalue weighted by molar-refractivity contribution is -0.146. The molecule has 0 unspecified atom stereocenters. The van der Waals surface area contributed by atoms with Gasteiger partial charge in [0.2, 0.25) is 5.91 Å². The van der Waals surface area contributed by atoms with Crippen LogP contribution in [0.1, 0.15) is 25.7 Å². The molecular formula is C12H20N2O3. The fraction of sp³-hybridized carbons (Fsp3) is 0.667. The molecule has 0 atom stereocenters. The van der Waals surface area contributed by atoms with Crippen molar-refractivity contribution >= 4 is 11.9 Å². The van der Waals surface area contributed by atoms with Gasteiger partial charge < -0.3 is 15.7 Å². The molecule has 1 amide bonds. The molecule has 1 fully saturated rings. The van der Waals surface area contributed by atoms with Gasteiger partial charge >= 0.3 is 5.97 Å². The highest BCUT2D eigenvalue weighted by Crippen LogP contribution is 2.24. The highest BCUT2D eigenvalue weighted by atomic mass is 16.4. The molecule has 5 nitrogen and oxygen atoms in total. The summed E-state index contributed by atoms with van der Waals surface area (Å²) in [6.07, 6.45) is 4.74. The van der Waals surface area contributed by atoms with E-state index >= 15 is 0 Å². The molecule has 1 saturated carbocycles. The highest BCUT2D eigenvalue weighted by molar-refractivity contribution is 5.83. The summed E-state index contributed by atoms with van der Waals surface area (Å²) in [6.45, 7) is 3.57. The summed E-state index contributed by atoms with van der Waals surface area (Å²) in [4.78, 5) is 24.1. The van der Waals surface area contributed by atoms with Gasteiger partial charge in [-0.2, -0.15) is 0 Å². The molecule has 0 radical (unpaired) electrons. The van der Waals surface area contributed by atoms with E-state index in [1.807, 2.05) is 0 Å². The van der Waals surface area contributed by atoms with Crippen LogP contribution in [0.15, 0.2) is 12.7 Å². The fourth-order valence-electron chi connectivity index (χ4n) is 2.18. The third-order valence-corrected chi connectivity index (χ3v) is 3.11. The Bertz CT molecular complexity index is 296. The molecule has 17 heavy (non-hydrogen) atoms. The zero-order chi connectivity index (χ0) is 12.8. The Morgan fingerprint density at radius 3 is 2.41 bits per heavy atom. The van der Waals surface area contributed by atoms with Gasteiger partial charge in [-0.1, -0.05) is 6.08 Å². The molecule has 0 saturated heterocycles. The van der Waals surface area contributed by atoms with Crippen LogP contribution in [-0.4, -0.2) is 41.0 Å². The quantitative estimate of drug-likeness (QED) is 0.689. The van der Waals surface area contributed by atoms with Crippen molar-refractivity contribution in [2.24, 2.45) is 11.7 Å². The summed E-state index contributed by atoms with van der Waals surface area (Å²) in [5, 5.41) is 8.75. The second kappa shape index (κ2) is 6.39. The average molecular weight is 240 g/mol. The number of carbonyl (C=O) groups is 2. The lowest BCUT2D eigenvalue weighted by atomic mass is 9.85. The number of hydrogen-bond donors (Lipinski definition) is 2. The van der Waals surface area contributed by atoms with Gasteiger partial charge in [0.15, 0.2) is 0 Å². The lowest BCUT2D eigenvalue weighted by Gasteiger charge is -2.29. The molecule has 5 heteroatoms. The standard InChI is InChI=1S/C12H20N2O3/c1-2-7-14(8-11(15)16)12(17)9-3-5-10(13)6-4-9/h2,9-10H,1,3-8,13H2,(H,15,16). The molecule has 0 aromatic carbocycles. The number of rotatable bonds is 5. The van der Waals surface area contributed by atoms with Crippen LogP contribution in [0.25, 0.3) is 0 Å². The van der Waals surface area contributed by atoms with Crippen molar-refractivity contribution in [1.82, 2.24) is 4.90 Å². The maximum Gasteiger partial charge on any atom is 0.323 e. The van der Waals surface area contributed by atoms with Crippen molar-refractivity contribution in [1.29, 1.82) is 0 Å². The van der Waals surface area contributed by atoms with Crippen molar-refractivity contribution in [3.8, 4) is 0 Å². The molecule has 0 aromatic rings. The van der Waals surface area contributed by atoms with E-state index in [-0.39, 0.29) is 31.0 Å². The maximum atomic E-state index is 12.1. The van der Waals surface area contributed by atoms with Crippen molar-refractivity contribution in [2.45, 2.75) is 31.7 Å². The van der Waals surface area contributed by atoms with Crippen LogP contribution in [0, 0.1) is 5.92 Å². The summed E-state index contributed by atoms with van der Waals surface area (Å²) in [6, 6.07) is 0.186. The molecule has 96 valence electrons. The number of nitrogens with two attached hydrogens (primary N) is 1. The number of carboxylic acids is 1. The van der Waals surface area contributed by atoms with Crippen molar-refractivity contribution in [2.75, 3.05) is 13.1 Å². The number of amides is 1. The minimum Gasteiger partial charge on any atom is -0.480 e. The first-order chi connectivity index (χ1) is 8.04. The first-order valence-electron chi connectivity index (χ1n) is 5.91. The highest BCUT2D eigenvalue weighted by Gasteiger charge is 2.28. The summed E-state index contributed by atoms with van der Waals surface area (Å²) in [7, 11) is 0. The number of hydrogen-bond acceptors (Lipinski definition) is 3. The molecule has 1 aliphatic rings.